The van der Waals surface area contributed by atoms with Gasteiger partial charge in [0.15, 0.2) is 0 Å². The molecule has 0 aliphatic rings. The van der Waals surface area contributed by atoms with Crippen molar-refractivity contribution in [2.45, 2.75) is 8.57 Å². The molecular formula is C9H11NaO3S. The minimum atomic E-state index is -4.00. The first-order chi connectivity index (χ1) is 6.52. The van der Waals surface area contributed by atoms with Crippen LogP contribution in [-0.4, -0.2) is 40.9 Å². The molecular weight excluding hydrogens is 211 g/mol. The van der Waals surface area contributed by atoms with Crippen molar-refractivity contribution in [2.24, 2.45) is 0 Å². The Morgan fingerprint density at radius 3 is 2.00 bits per heavy atom. The number of hydrogen-bond acceptors (Lipinski definition) is 2. The van der Waals surface area contributed by atoms with Gasteiger partial charge in [-0.3, -0.25) is 4.55 Å². The molecule has 0 bridgehead atoms. The van der Waals surface area contributed by atoms with Gasteiger partial charge in [-0.1, -0.05) is 18.2 Å². The zero-order valence-electron chi connectivity index (χ0n) is 8.05. The third kappa shape index (κ3) is 6.34. The molecule has 14 heavy (non-hydrogen) atoms. The monoisotopic (exact) mass is 222 g/mol. The zero-order chi connectivity index (χ0) is 11.0. The average Bonchev–Trinajstić information content (AvgIpc) is 2.18. The molecule has 5 heteroatoms. The molecule has 1 aromatic carbocycles. The molecule has 0 fully saturated rings. The second-order valence-electron chi connectivity index (χ2n) is 2.49. The van der Waals surface area contributed by atoms with Crippen molar-refractivity contribution in [2.75, 3.05) is 0 Å². The number of benzene rings is 1. The normalized spacial score (nSPS) is 9.93. The van der Waals surface area contributed by atoms with Crippen LogP contribution in [0.5, 0.6) is 0 Å². The number of hydrogen-bond donors (Lipinski definition) is 1. The Morgan fingerprint density at radius 1 is 1.36 bits per heavy atom. The van der Waals surface area contributed by atoms with Gasteiger partial charge in [-0.05, 0) is 12.1 Å². The second kappa shape index (κ2) is 7.20. The minimum absolute atomic E-state index is 0.0741. The Hall–Kier alpha value is -0.130. The summed E-state index contributed by atoms with van der Waals surface area (Å²) >= 11 is 1.27. The van der Waals surface area contributed by atoms with Crippen LogP contribution in [0.3, 0.4) is 0 Å². The van der Waals surface area contributed by atoms with Crippen molar-refractivity contribution in [3.63, 3.8) is 0 Å². The fourth-order valence-corrected chi connectivity index (χ4v) is 1.09. The molecule has 0 heterocycles. The van der Waals surface area contributed by atoms with Crippen LogP contribution in [0.2, 0.25) is 3.67 Å². The standard InChI is InChI=1S/C6H6O3S.C3H5.Na/c7-10(8,9)6-4-2-1-3-5-6;1-3-2;/h1-5H,(H,7,8,9);3H,1-2H2;. The Balaban J connectivity index is 0.000000364. The van der Waals surface area contributed by atoms with Crippen LogP contribution < -0.4 is 0 Å². The SMILES string of the molecule is C=C[CH2][Na].O=S(=O)(O)c1ccccc1. The van der Waals surface area contributed by atoms with E-state index < -0.39 is 10.1 Å². The van der Waals surface area contributed by atoms with Crippen LogP contribution in [0.25, 0.3) is 0 Å². The molecule has 0 aliphatic carbocycles. The van der Waals surface area contributed by atoms with Crippen LogP contribution in [0, 0.1) is 0 Å². The van der Waals surface area contributed by atoms with E-state index in [9.17, 15) is 8.42 Å². The summed E-state index contributed by atoms with van der Waals surface area (Å²) in [6.07, 6.45) is 1.94. The third-order valence-corrected chi connectivity index (χ3v) is 2.77. The van der Waals surface area contributed by atoms with Gasteiger partial charge in [0.25, 0.3) is 10.1 Å². The van der Waals surface area contributed by atoms with Crippen LogP contribution in [0.4, 0.5) is 0 Å². The number of allylic oxidation sites excluding steroid dienone is 1. The summed E-state index contributed by atoms with van der Waals surface area (Å²) in [6.45, 7) is 3.51. The molecule has 1 aromatic rings. The van der Waals surface area contributed by atoms with E-state index in [1.165, 1.54) is 43.7 Å². The quantitative estimate of drug-likeness (QED) is 0.470. The number of rotatable bonds is 2. The van der Waals surface area contributed by atoms with Gasteiger partial charge in [0.2, 0.25) is 0 Å². The van der Waals surface area contributed by atoms with Crippen molar-refractivity contribution < 1.29 is 13.0 Å². The van der Waals surface area contributed by atoms with Crippen LogP contribution >= 0.6 is 0 Å². The molecule has 0 atom stereocenters. The van der Waals surface area contributed by atoms with Crippen molar-refractivity contribution in [1.29, 1.82) is 0 Å². The van der Waals surface area contributed by atoms with Crippen LogP contribution in [0.15, 0.2) is 47.9 Å². The molecule has 1 rings (SSSR count). The Bertz CT molecular complexity index is 359. The minimum Gasteiger partial charge on any atom is -0.282 e. The summed E-state index contributed by atoms with van der Waals surface area (Å²) in [4.78, 5) is -0.0741. The maximum absolute atomic E-state index is 10.4. The van der Waals surface area contributed by atoms with E-state index in [-0.39, 0.29) is 4.90 Å². The van der Waals surface area contributed by atoms with E-state index in [0.29, 0.717) is 0 Å². The van der Waals surface area contributed by atoms with Gasteiger partial charge in [-0.2, -0.15) is 8.42 Å². The zero-order valence-corrected chi connectivity index (χ0v) is 10.9. The van der Waals surface area contributed by atoms with E-state index in [1.54, 1.807) is 18.2 Å². The Morgan fingerprint density at radius 2 is 1.79 bits per heavy atom. The van der Waals surface area contributed by atoms with E-state index in [4.69, 9.17) is 4.55 Å². The molecule has 0 saturated carbocycles. The van der Waals surface area contributed by atoms with Crippen LogP contribution in [0.1, 0.15) is 0 Å². The molecule has 0 spiro atoms. The first-order valence-corrected chi connectivity index (χ1v) is 7.01. The second-order valence-corrected chi connectivity index (χ2v) is 4.72. The van der Waals surface area contributed by atoms with Gasteiger partial charge in [0.1, 0.15) is 0 Å². The fraction of sp³-hybridized carbons (Fsp3) is 0.111. The average molecular weight is 222 g/mol. The predicted octanol–water partition coefficient (Wildman–Crippen LogP) is 1.69. The molecule has 0 saturated heterocycles. The van der Waals surface area contributed by atoms with Crippen molar-refractivity contribution in [3.8, 4) is 0 Å². The van der Waals surface area contributed by atoms with E-state index >= 15 is 0 Å². The third-order valence-electron chi connectivity index (χ3n) is 1.33. The fourth-order valence-electron chi connectivity index (χ4n) is 0.592. The Kier molecular flexibility index (Phi) is 7.13. The van der Waals surface area contributed by atoms with E-state index in [1.807, 2.05) is 6.08 Å². The molecule has 3 nitrogen and oxygen atoms in total. The molecule has 72 valence electrons. The van der Waals surface area contributed by atoms with Gasteiger partial charge < -0.3 is 0 Å². The topological polar surface area (TPSA) is 54.4 Å². The van der Waals surface area contributed by atoms with Crippen LogP contribution in [-0.2, 0) is 10.1 Å². The van der Waals surface area contributed by atoms with Crippen molar-refractivity contribution in [1.82, 2.24) is 0 Å². The Labute approximate surface area is 102 Å². The molecule has 0 amide bonds. The summed E-state index contributed by atoms with van der Waals surface area (Å²) in [5, 5.41) is 0. The van der Waals surface area contributed by atoms with Gasteiger partial charge in [0.05, 0.1) is 4.90 Å². The van der Waals surface area contributed by atoms with E-state index in [2.05, 4.69) is 6.58 Å². The molecule has 0 aliphatic heterocycles. The first kappa shape index (κ1) is 13.9. The molecule has 1 N–H and O–H groups in total. The summed E-state index contributed by atoms with van der Waals surface area (Å²) < 4.78 is 30.5. The summed E-state index contributed by atoms with van der Waals surface area (Å²) in [5.74, 6) is 0. The summed E-state index contributed by atoms with van der Waals surface area (Å²) in [5.41, 5.74) is 0. The maximum Gasteiger partial charge on any atom is 0.294 e. The summed E-state index contributed by atoms with van der Waals surface area (Å²) in [7, 11) is -4.00. The van der Waals surface area contributed by atoms with Gasteiger partial charge in [0, 0.05) is 0 Å². The van der Waals surface area contributed by atoms with Gasteiger partial charge in [-0.15, -0.1) is 0 Å². The smallest absolute Gasteiger partial charge is 0.282 e. The maximum atomic E-state index is 10.4. The summed E-state index contributed by atoms with van der Waals surface area (Å²) in [6, 6.07) is 7.42. The van der Waals surface area contributed by atoms with E-state index in [0.717, 1.165) is 0 Å². The predicted molar refractivity (Wildman–Crippen MR) is 57.0 cm³/mol. The van der Waals surface area contributed by atoms with Gasteiger partial charge in [-0.25, -0.2) is 0 Å². The largest absolute Gasteiger partial charge is 0.294 e. The first-order valence-electron chi connectivity index (χ1n) is 4.15. The molecule has 0 aromatic heterocycles. The van der Waals surface area contributed by atoms with Gasteiger partial charge >= 0.3 is 44.3 Å². The molecule has 0 unspecified atom stereocenters. The molecule has 0 radical (unpaired) electrons. The van der Waals surface area contributed by atoms with Crippen molar-refractivity contribution in [3.05, 3.63) is 43.0 Å². The van der Waals surface area contributed by atoms with Crippen molar-refractivity contribution >= 4 is 38.0 Å².